The van der Waals surface area contributed by atoms with E-state index in [9.17, 15) is 0 Å². The number of nitriles is 1. The van der Waals surface area contributed by atoms with Crippen molar-refractivity contribution >= 4 is 24.3 Å². The molecular weight excluding hydrogens is 224 g/mol. The molecule has 2 heterocycles. The van der Waals surface area contributed by atoms with E-state index >= 15 is 0 Å². The molecule has 0 saturated heterocycles. The molecular formula is C9H10N6S. The highest BCUT2D eigenvalue weighted by atomic mass is 32.1. The van der Waals surface area contributed by atoms with Gasteiger partial charge in [-0.2, -0.15) is 10.4 Å². The standard InChI is InChI=1S/C9H10N6S/c1-6-7(5-10)8(14-4-2-3-12-14)15(16)9(11)13-6/h2-4,9,16H,11H2,1H3. The first-order valence-corrected chi connectivity index (χ1v) is 4.98. The number of rotatable bonds is 1. The van der Waals surface area contributed by atoms with Crippen molar-refractivity contribution in [2.24, 2.45) is 10.7 Å². The van der Waals surface area contributed by atoms with E-state index < -0.39 is 6.29 Å². The average Bonchev–Trinajstić information content (AvgIpc) is 2.76. The molecule has 0 spiro atoms. The Kier molecular flexibility index (Phi) is 2.68. The summed E-state index contributed by atoms with van der Waals surface area (Å²) in [5.41, 5.74) is 6.77. The molecule has 1 aliphatic heterocycles. The fourth-order valence-corrected chi connectivity index (χ4v) is 1.71. The third kappa shape index (κ3) is 1.58. The number of nitrogens with two attached hydrogens (primary N) is 1. The Morgan fingerprint density at radius 1 is 1.62 bits per heavy atom. The minimum absolute atomic E-state index is 0.417. The van der Waals surface area contributed by atoms with Crippen molar-refractivity contribution in [2.45, 2.75) is 13.2 Å². The molecule has 1 aromatic rings. The summed E-state index contributed by atoms with van der Waals surface area (Å²) in [5, 5.41) is 13.2. The number of aromatic nitrogens is 2. The van der Waals surface area contributed by atoms with Crippen molar-refractivity contribution in [2.75, 3.05) is 0 Å². The molecule has 0 amide bonds. The van der Waals surface area contributed by atoms with Gasteiger partial charge in [0.2, 0.25) is 0 Å². The SMILES string of the molecule is CC1=NC(N)N(S)C(n2cccn2)=C1C#N. The molecule has 6 nitrogen and oxygen atoms in total. The van der Waals surface area contributed by atoms with Crippen molar-refractivity contribution in [3.63, 3.8) is 0 Å². The normalized spacial score (nSPS) is 20.8. The highest BCUT2D eigenvalue weighted by molar-refractivity contribution is 7.78. The number of hydrogen-bond acceptors (Lipinski definition) is 6. The lowest BCUT2D eigenvalue weighted by atomic mass is 10.1. The molecule has 1 aromatic heterocycles. The summed E-state index contributed by atoms with van der Waals surface area (Å²) < 4.78 is 2.96. The predicted octanol–water partition coefficient (Wildman–Crippen LogP) is 0.439. The fraction of sp³-hybridized carbons (Fsp3) is 0.222. The lowest BCUT2D eigenvalue weighted by Crippen LogP contribution is -2.39. The molecule has 0 fully saturated rings. The van der Waals surface area contributed by atoms with Crippen LogP contribution in [0.3, 0.4) is 0 Å². The van der Waals surface area contributed by atoms with Gasteiger partial charge in [-0.1, -0.05) is 12.8 Å². The van der Waals surface area contributed by atoms with Crippen molar-refractivity contribution in [1.29, 1.82) is 5.26 Å². The van der Waals surface area contributed by atoms with Gasteiger partial charge < -0.3 is 0 Å². The van der Waals surface area contributed by atoms with Gasteiger partial charge >= 0.3 is 0 Å². The van der Waals surface area contributed by atoms with E-state index in [2.05, 4.69) is 29.0 Å². The second kappa shape index (κ2) is 4.00. The van der Waals surface area contributed by atoms with Gasteiger partial charge in [0, 0.05) is 12.4 Å². The second-order valence-electron chi connectivity index (χ2n) is 3.23. The maximum absolute atomic E-state index is 9.10. The van der Waals surface area contributed by atoms with Gasteiger partial charge in [0.25, 0.3) is 0 Å². The van der Waals surface area contributed by atoms with Crippen LogP contribution in [0.25, 0.3) is 5.82 Å². The third-order valence-electron chi connectivity index (χ3n) is 2.21. The van der Waals surface area contributed by atoms with E-state index in [1.54, 1.807) is 30.1 Å². The van der Waals surface area contributed by atoms with Crippen LogP contribution in [0, 0.1) is 11.3 Å². The molecule has 2 N–H and O–H groups in total. The summed E-state index contributed by atoms with van der Waals surface area (Å²) in [6.07, 6.45) is 2.73. The molecule has 0 aromatic carbocycles. The minimum Gasteiger partial charge on any atom is -0.292 e. The largest absolute Gasteiger partial charge is 0.292 e. The summed E-state index contributed by atoms with van der Waals surface area (Å²) in [7, 11) is 0. The first-order chi connectivity index (χ1) is 7.65. The van der Waals surface area contributed by atoms with Crippen molar-refractivity contribution < 1.29 is 0 Å². The molecule has 1 atom stereocenters. The molecule has 0 radical (unpaired) electrons. The van der Waals surface area contributed by atoms with Gasteiger partial charge in [-0.3, -0.25) is 10.0 Å². The second-order valence-corrected chi connectivity index (χ2v) is 3.66. The van der Waals surface area contributed by atoms with E-state index in [0.29, 0.717) is 17.1 Å². The Morgan fingerprint density at radius 2 is 2.38 bits per heavy atom. The Hall–Kier alpha value is -1.78. The highest BCUT2D eigenvalue weighted by Crippen LogP contribution is 2.24. The topological polar surface area (TPSA) is 83.2 Å². The van der Waals surface area contributed by atoms with Crippen LogP contribution in [-0.2, 0) is 0 Å². The predicted molar refractivity (Wildman–Crippen MR) is 63.0 cm³/mol. The number of thiol groups is 1. The van der Waals surface area contributed by atoms with E-state index in [-0.39, 0.29) is 0 Å². The third-order valence-corrected chi connectivity index (χ3v) is 2.64. The van der Waals surface area contributed by atoms with Gasteiger partial charge in [0.1, 0.15) is 11.6 Å². The lowest BCUT2D eigenvalue weighted by Gasteiger charge is -2.29. The zero-order valence-electron chi connectivity index (χ0n) is 8.57. The molecule has 0 bridgehead atoms. The van der Waals surface area contributed by atoms with Crippen LogP contribution in [0.15, 0.2) is 29.0 Å². The lowest BCUT2D eigenvalue weighted by molar-refractivity contribution is 0.460. The van der Waals surface area contributed by atoms with Crippen LogP contribution in [0.1, 0.15) is 6.92 Å². The summed E-state index contributed by atoms with van der Waals surface area (Å²) in [6.45, 7) is 1.74. The van der Waals surface area contributed by atoms with Gasteiger partial charge in [-0.25, -0.2) is 9.67 Å². The Labute approximate surface area is 98.2 Å². The Morgan fingerprint density at radius 3 is 2.94 bits per heavy atom. The molecule has 0 aliphatic carbocycles. The van der Waals surface area contributed by atoms with Gasteiger partial charge in [0.05, 0.1) is 5.71 Å². The summed E-state index contributed by atoms with van der Waals surface area (Å²) in [5.74, 6) is 0.524. The first-order valence-electron chi connectivity index (χ1n) is 4.58. The smallest absolute Gasteiger partial charge is 0.184 e. The molecule has 16 heavy (non-hydrogen) atoms. The van der Waals surface area contributed by atoms with E-state index in [0.717, 1.165) is 0 Å². The van der Waals surface area contributed by atoms with Gasteiger partial charge in [0.15, 0.2) is 12.1 Å². The van der Waals surface area contributed by atoms with Crippen LogP contribution in [0.5, 0.6) is 0 Å². The average molecular weight is 234 g/mol. The zero-order chi connectivity index (χ0) is 11.7. The Balaban J connectivity index is 2.61. The van der Waals surface area contributed by atoms with Crippen molar-refractivity contribution in [3.05, 3.63) is 24.0 Å². The van der Waals surface area contributed by atoms with E-state index in [1.165, 1.54) is 4.31 Å². The molecule has 1 unspecified atom stereocenters. The van der Waals surface area contributed by atoms with Crippen molar-refractivity contribution in [3.8, 4) is 6.07 Å². The molecule has 7 heteroatoms. The van der Waals surface area contributed by atoms with Gasteiger partial charge in [-0.15, -0.1) is 0 Å². The van der Waals surface area contributed by atoms with Crippen LogP contribution in [0.2, 0.25) is 0 Å². The number of hydrogen-bond donors (Lipinski definition) is 2. The zero-order valence-corrected chi connectivity index (χ0v) is 9.46. The quantitative estimate of drug-likeness (QED) is 0.691. The van der Waals surface area contributed by atoms with Crippen molar-refractivity contribution in [1.82, 2.24) is 14.1 Å². The number of aliphatic imine (C=N–C) groups is 1. The minimum atomic E-state index is -0.611. The molecule has 1 aliphatic rings. The molecule has 2 rings (SSSR count). The van der Waals surface area contributed by atoms with Crippen LogP contribution in [-0.4, -0.2) is 26.1 Å². The Bertz CT molecular complexity index is 495. The molecule has 0 saturated carbocycles. The van der Waals surface area contributed by atoms with Crippen LogP contribution in [0.4, 0.5) is 0 Å². The number of nitrogens with zero attached hydrogens (tertiary/aromatic N) is 5. The van der Waals surface area contributed by atoms with E-state index in [1.807, 2.05) is 0 Å². The van der Waals surface area contributed by atoms with Gasteiger partial charge in [-0.05, 0) is 13.0 Å². The summed E-state index contributed by atoms with van der Waals surface area (Å²) >= 11 is 4.22. The summed E-state index contributed by atoms with van der Waals surface area (Å²) in [6, 6.07) is 3.85. The molecule has 82 valence electrons. The highest BCUT2D eigenvalue weighted by Gasteiger charge is 2.26. The first kappa shape index (κ1) is 10.7. The summed E-state index contributed by atoms with van der Waals surface area (Å²) in [4.78, 5) is 4.10. The van der Waals surface area contributed by atoms with Crippen LogP contribution >= 0.6 is 12.8 Å². The maximum atomic E-state index is 9.10. The monoisotopic (exact) mass is 234 g/mol. The van der Waals surface area contributed by atoms with Crippen LogP contribution < -0.4 is 5.73 Å². The fourth-order valence-electron chi connectivity index (χ4n) is 1.46. The van der Waals surface area contributed by atoms with E-state index in [4.69, 9.17) is 11.0 Å². The maximum Gasteiger partial charge on any atom is 0.184 e. The number of allylic oxidation sites excluding steroid dienone is 1.